The Morgan fingerprint density at radius 2 is 2.15 bits per heavy atom. The molecule has 0 bridgehead atoms. The molecule has 1 aromatic carbocycles. The Kier molecular flexibility index (Phi) is 3.71. The molecule has 0 heterocycles. The van der Waals surface area contributed by atoms with E-state index in [-0.39, 0.29) is 5.75 Å². The van der Waals surface area contributed by atoms with Crippen LogP contribution in [0.5, 0.6) is 5.75 Å². The second-order valence-corrected chi connectivity index (χ2v) is 3.63. The number of phenols is 1. The van der Waals surface area contributed by atoms with Gasteiger partial charge in [-0.1, -0.05) is 12.1 Å². The molecule has 72 valence electrons. The summed E-state index contributed by atoms with van der Waals surface area (Å²) in [5.41, 5.74) is 5.82. The number of aromatic hydroxyl groups is 1. The van der Waals surface area contributed by atoms with E-state index in [0.717, 1.165) is 0 Å². The number of rotatable bonds is 3. The molecule has 13 heavy (non-hydrogen) atoms. The third-order valence-electron chi connectivity index (χ3n) is 1.82. The molecule has 0 saturated carbocycles. The number of hydrogen-bond donors (Lipinski definition) is 3. The maximum absolute atomic E-state index is 9.56. The fraction of sp³-hybridized carbons (Fsp3) is 0.333. The minimum Gasteiger partial charge on any atom is -0.506 e. The van der Waals surface area contributed by atoms with E-state index in [4.69, 9.17) is 5.73 Å². The summed E-state index contributed by atoms with van der Waals surface area (Å²) in [5.74, 6) is 0.0865. The van der Waals surface area contributed by atoms with E-state index in [9.17, 15) is 10.2 Å². The van der Waals surface area contributed by atoms with E-state index in [0.29, 0.717) is 23.0 Å². The van der Waals surface area contributed by atoms with Gasteiger partial charge in [-0.2, -0.15) is 0 Å². The van der Waals surface area contributed by atoms with E-state index in [1.54, 1.807) is 18.2 Å². The number of benzene rings is 1. The lowest BCUT2D eigenvalue weighted by molar-refractivity contribution is 0.166. The second kappa shape index (κ2) is 4.60. The summed E-state index contributed by atoms with van der Waals surface area (Å²) in [7, 11) is 0. The van der Waals surface area contributed by atoms with Gasteiger partial charge in [-0.3, -0.25) is 0 Å². The van der Waals surface area contributed by atoms with Crippen LogP contribution in [0, 0.1) is 0 Å². The summed E-state index contributed by atoms with van der Waals surface area (Å²) < 4.78 is 0.584. The van der Waals surface area contributed by atoms with Gasteiger partial charge in [0, 0.05) is 5.56 Å². The molecule has 0 unspecified atom stereocenters. The number of aliphatic hydroxyl groups excluding tert-OH is 1. The van der Waals surface area contributed by atoms with Gasteiger partial charge >= 0.3 is 0 Å². The zero-order valence-corrected chi connectivity index (χ0v) is 8.66. The SMILES string of the molecule is NCC[C@@H](O)c1cccc(Br)c1O. The lowest BCUT2D eigenvalue weighted by Crippen LogP contribution is -2.06. The van der Waals surface area contributed by atoms with Crippen molar-refractivity contribution in [1.82, 2.24) is 0 Å². The van der Waals surface area contributed by atoms with Gasteiger partial charge < -0.3 is 15.9 Å². The average molecular weight is 246 g/mol. The minimum atomic E-state index is -0.692. The molecule has 1 aromatic rings. The van der Waals surface area contributed by atoms with Crippen LogP contribution in [0.1, 0.15) is 18.1 Å². The Morgan fingerprint density at radius 3 is 2.77 bits per heavy atom. The predicted octanol–water partition coefficient (Wildman–Crippen LogP) is 1.54. The molecule has 0 aliphatic carbocycles. The summed E-state index contributed by atoms with van der Waals surface area (Å²) in [6.07, 6.45) is -0.244. The summed E-state index contributed by atoms with van der Waals surface area (Å²) in [6.45, 7) is 0.396. The van der Waals surface area contributed by atoms with Gasteiger partial charge in [0.25, 0.3) is 0 Å². The fourth-order valence-corrected chi connectivity index (χ4v) is 1.50. The highest BCUT2D eigenvalue weighted by atomic mass is 79.9. The van der Waals surface area contributed by atoms with Crippen molar-refractivity contribution in [1.29, 1.82) is 0 Å². The van der Waals surface area contributed by atoms with Crippen LogP contribution >= 0.6 is 15.9 Å². The Hall–Kier alpha value is -0.580. The highest BCUT2D eigenvalue weighted by molar-refractivity contribution is 9.10. The van der Waals surface area contributed by atoms with Crippen LogP contribution in [0.4, 0.5) is 0 Å². The van der Waals surface area contributed by atoms with E-state index >= 15 is 0 Å². The molecule has 1 rings (SSSR count). The Morgan fingerprint density at radius 1 is 1.46 bits per heavy atom. The molecule has 0 fully saturated rings. The Bertz CT molecular complexity index is 291. The van der Waals surface area contributed by atoms with Crippen molar-refractivity contribution < 1.29 is 10.2 Å². The highest BCUT2D eigenvalue weighted by Gasteiger charge is 2.12. The van der Waals surface area contributed by atoms with Gasteiger partial charge in [-0.05, 0) is 35.0 Å². The summed E-state index contributed by atoms with van der Waals surface area (Å²) >= 11 is 3.17. The maximum atomic E-state index is 9.56. The van der Waals surface area contributed by atoms with Gasteiger partial charge in [0.1, 0.15) is 5.75 Å². The van der Waals surface area contributed by atoms with Crippen molar-refractivity contribution in [3.05, 3.63) is 28.2 Å². The first-order valence-corrected chi connectivity index (χ1v) is 4.81. The molecule has 4 N–H and O–H groups in total. The molecular formula is C9H12BrNO2. The van der Waals surface area contributed by atoms with Gasteiger partial charge in [0.15, 0.2) is 0 Å². The standard InChI is InChI=1S/C9H12BrNO2/c10-7-3-1-2-6(9(7)13)8(12)4-5-11/h1-3,8,12-13H,4-5,11H2/t8-/m1/s1. The Labute approximate surface area is 85.3 Å². The quantitative estimate of drug-likeness (QED) is 0.757. The Balaban J connectivity index is 2.93. The molecule has 0 aliphatic heterocycles. The van der Waals surface area contributed by atoms with Crippen LogP contribution in [0.2, 0.25) is 0 Å². The summed E-state index contributed by atoms with van der Waals surface area (Å²) in [4.78, 5) is 0. The van der Waals surface area contributed by atoms with E-state index < -0.39 is 6.10 Å². The van der Waals surface area contributed by atoms with E-state index in [2.05, 4.69) is 15.9 Å². The van der Waals surface area contributed by atoms with Gasteiger partial charge in [-0.15, -0.1) is 0 Å². The van der Waals surface area contributed by atoms with Gasteiger partial charge in [-0.25, -0.2) is 0 Å². The number of aliphatic hydroxyl groups is 1. The van der Waals surface area contributed by atoms with Crippen LogP contribution in [0.3, 0.4) is 0 Å². The molecule has 0 amide bonds. The zero-order valence-electron chi connectivity index (χ0n) is 7.07. The third kappa shape index (κ3) is 2.43. The lowest BCUT2D eigenvalue weighted by atomic mass is 10.1. The number of para-hydroxylation sites is 1. The maximum Gasteiger partial charge on any atom is 0.135 e. The van der Waals surface area contributed by atoms with Crippen molar-refractivity contribution >= 4 is 15.9 Å². The average Bonchev–Trinajstić information content (AvgIpc) is 2.10. The van der Waals surface area contributed by atoms with Gasteiger partial charge in [0.05, 0.1) is 10.6 Å². The number of hydrogen-bond acceptors (Lipinski definition) is 3. The van der Waals surface area contributed by atoms with Crippen LogP contribution in [-0.4, -0.2) is 16.8 Å². The number of phenolic OH excluding ortho intramolecular Hbond substituents is 1. The van der Waals surface area contributed by atoms with Crippen LogP contribution in [0.15, 0.2) is 22.7 Å². The summed E-state index contributed by atoms with van der Waals surface area (Å²) in [6, 6.07) is 5.16. The van der Waals surface area contributed by atoms with Crippen molar-refractivity contribution in [2.45, 2.75) is 12.5 Å². The van der Waals surface area contributed by atoms with Crippen molar-refractivity contribution in [3.63, 3.8) is 0 Å². The van der Waals surface area contributed by atoms with Crippen LogP contribution < -0.4 is 5.73 Å². The molecule has 4 heteroatoms. The zero-order chi connectivity index (χ0) is 9.84. The van der Waals surface area contributed by atoms with Crippen molar-refractivity contribution in [2.75, 3.05) is 6.54 Å². The molecule has 0 aliphatic rings. The third-order valence-corrected chi connectivity index (χ3v) is 2.46. The smallest absolute Gasteiger partial charge is 0.135 e. The largest absolute Gasteiger partial charge is 0.506 e. The number of nitrogens with two attached hydrogens (primary N) is 1. The first-order valence-electron chi connectivity index (χ1n) is 4.02. The van der Waals surface area contributed by atoms with Crippen LogP contribution in [-0.2, 0) is 0 Å². The summed E-state index contributed by atoms with van der Waals surface area (Å²) in [5, 5.41) is 19.1. The van der Waals surface area contributed by atoms with Crippen LogP contribution in [0.25, 0.3) is 0 Å². The molecule has 0 aromatic heterocycles. The number of halogens is 1. The molecule has 0 radical (unpaired) electrons. The first-order chi connectivity index (χ1) is 6.16. The van der Waals surface area contributed by atoms with E-state index in [1.165, 1.54) is 0 Å². The molecule has 0 saturated heterocycles. The predicted molar refractivity (Wildman–Crippen MR) is 54.4 cm³/mol. The monoisotopic (exact) mass is 245 g/mol. The fourth-order valence-electron chi connectivity index (χ4n) is 1.11. The van der Waals surface area contributed by atoms with E-state index in [1.807, 2.05) is 0 Å². The molecular weight excluding hydrogens is 234 g/mol. The topological polar surface area (TPSA) is 66.5 Å². The van der Waals surface area contributed by atoms with Gasteiger partial charge in [0.2, 0.25) is 0 Å². The molecule has 0 spiro atoms. The molecule has 3 nitrogen and oxygen atoms in total. The minimum absolute atomic E-state index is 0.0865. The second-order valence-electron chi connectivity index (χ2n) is 2.77. The molecule has 1 atom stereocenters. The van der Waals surface area contributed by atoms with Crippen molar-refractivity contribution in [2.24, 2.45) is 5.73 Å². The van der Waals surface area contributed by atoms with Crippen molar-refractivity contribution in [3.8, 4) is 5.75 Å². The first kappa shape index (κ1) is 10.5. The highest BCUT2D eigenvalue weighted by Crippen LogP contribution is 2.32. The lowest BCUT2D eigenvalue weighted by Gasteiger charge is -2.11. The normalized spacial score (nSPS) is 12.8.